The summed E-state index contributed by atoms with van der Waals surface area (Å²) in [6.07, 6.45) is 4.71. The van der Waals surface area contributed by atoms with Gasteiger partial charge in [0.15, 0.2) is 0 Å². The number of aryl methyl sites for hydroxylation is 3. The lowest BCUT2D eigenvalue weighted by Gasteiger charge is -2.10. The van der Waals surface area contributed by atoms with Crippen molar-refractivity contribution in [3.63, 3.8) is 0 Å². The Bertz CT molecular complexity index is 1200. The number of nitrogens with zero attached hydrogens (tertiary/aromatic N) is 1. The fraction of sp³-hybridized carbons (Fsp3) is 0.333. The predicted octanol–water partition coefficient (Wildman–Crippen LogP) is 4.05. The first-order valence-electron chi connectivity index (χ1n) is 9.81. The third-order valence-electron chi connectivity index (χ3n) is 5.03. The number of benzene rings is 1. The van der Waals surface area contributed by atoms with Crippen molar-refractivity contribution in [1.82, 2.24) is 9.97 Å². The number of carbonyl (C=O) groups is 2. The number of fused-ring (bicyclic) bond motifs is 3. The van der Waals surface area contributed by atoms with Crippen LogP contribution >= 0.6 is 22.9 Å². The molecule has 0 spiro atoms. The highest BCUT2D eigenvalue weighted by Gasteiger charge is 2.20. The van der Waals surface area contributed by atoms with Crippen LogP contribution in [0.3, 0.4) is 0 Å². The Hall–Kier alpha value is -2.71. The van der Waals surface area contributed by atoms with E-state index in [9.17, 15) is 14.4 Å². The van der Waals surface area contributed by atoms with Crippen molar-refractivity contribution < 1.29 is 9.59 Å². The van der Waals surface area contributed by atoms with E-state index in [0.29, 0.717) is 28.6 Å². The SMILES string of the molecule is CC(=O)Nc1ccc(NC(=O)CCc2nc3sc4c(c3c(=O)[nH]2)CCCC4)cc1Cl. The van der Waals surface area contributed by atoms with Gasteiger partial charge in [0.1, 0.15) is 10.7 Å². The Kier molecular flexibility index (Phi) is 5.87. The number of halogens is 1. The monoisotopic (exact) mass is 444 g/mol. The summed E-state index contributed by atoms with van der Waals surface area (Å²) in [6.45, 7) is 1.40. The molecule has 0 saturated carbocycles. The molecule has 2 amide bonds. The van der Waals surface area contributed by atoms with Crippen molar-refractivity contribution in [3.05, 3.63) is 49.8 Å². The van der Waals surface area contributed by atoms with Crippen molar-refractivity contribution in [2.75, 3.05) is 10.6 Å². The molecule has 4 rings (SSSR count). The van der Waals surface area contributed by atoms with Crippen LogP contribution in [0.25, 0.3) is 10.2 Å². The van der Waals surface area contributed by atoms with Gasteiger partial charge in [-0.05, 0) is 49.4 Å². The van der Waals surface area contributed by atoms with E-state index in [2.05, 4.69) is 20.6 Å². The summed E-state index contributed by atoms with van der Waals surface area (Å²) in [4.78, 5) is 45.5. The topological polar surface area (TPSA) is 104 Å². The summed E-state index contributed by atoms with van der Waals surface area (Å²) in [7, 11) is 0. The average Bonchev–Trinajstić information content (AvgIpc) is 3.07. The molecule has 2 heterocycles. The van der Waals surface area contributed by atoms with Gasteiger partial charge in [-0.25, -0.2) is 4.98 Å². The molecule has 0 aliphatic heterocycles. The van der Waals surface area contributed by atoms with E-state index in [1.807, 2.05) is 0 Å². The van der Waals surface area contributed by atoms with Crippen molar-refractivity contribution >= 4 is 56.3 Å². The standard InChI is InChI=1S/C21H21ClN4O3S/c1-11(27)23-15-7-6-12(10-14(15)22)24-18(28)9-8-17-25-20(29)19-13-4-2-3-5-16(13)30-21(19)26-17/h6-7,10H,2-5,8-9H2,1H3,(H,23,27)(H,24,28)(H,25,26,29). The number of hydrogen-bond acceptors (Lipinski definition) is 5. The summed E-state index contributed by atoms with van der Waals surface area (Å²) < 4.78 is 0. The van der Waals surface area contributed by atoms with Gasteiger partial charge >= 0.3 is 0 Å². The second kappa shape index (κ2) is 8.57. The van der Waals surface area contributed by atoms with Crippen LogP contribution in [0.4, 0.5) is 11.4 Å². The van der Waals surface area contributed by atoms with Crippen LogP contribution in [0.15, 0.2) is 23.0 Å². The van der Waals surface area contributed by atoms with E-state index in [1.165, 1.54) is 11.8 Å². The van der Waals surface area contributed by atoms with Gasteiger partial charge in [-0.3, -0.25) is 14.4 Å². The summed E-state index contributed by atoms with van der Waals surface area (Å²) >= 11 is 7.73. The number of H-pyrrole nitrogens is 1. The number of aromatic nitrogens is 2. The highest BCUT2D eigenvalue weighted by atomic mass is 35.5. The second-order valence-corrected chi connectivity index (χ2v) is 8.82. The maximum absolute atomic E-state index is 12.6. The summed E-state index contributed by atoms with van der Waals surface area (Å²) in [6, 6.07) is 4.87. The van der Waals surface area contributed by atoms with Gasteiger partial charge in [0, 0.05) is 30.3 Å². The fourth-order valence-corrected chi connectivity index (χ4v) is 5.17. The molecule has 7 nitrogen and oxygen atoms in total. The molecule has 30 heavy (non-hydrogen) atoms. The van der Waals surface area contributed by atoms with E-state index >= 15 is 0 Å². The molecule has 9 heteroatoms. The van der Waals surface area contributed by atoms with Crippen molar-refractivity contribution in [1.29, 1.82) is 0 Å². The molecule has 0 bridgehead atoms. The highest BCUT2D eigenvalue weighted by Crippen LogP contribution is 2.33. The quantitative estimate of drug-likeness (QED) is 0.552. The molecule has 2 aromatic heterocycles. The third-order valence-corrected chi connectivity index (χ3v) is 6.52. The van der Waals surface area contributed by atoms with Gasteiger partial charge in [0.25, 0.3) is 5.56 Å². The number of amides is 2. The van der Waals surface area contributed by atoms with Gasteiger partial charge in [-0.2, -0.15) is 0 Å². The second-order valence-electron chi connectivity index (χ2n) is 7.33. The lowest BCUT2D eigenvalue weighted by molar-refractivity contribution is -0.116. The Morgan fingerprint density at radius 1 is 1.23 bits per heavy atom. The van der Waals surface area contributed by atoms with E-state index in [-0.39, 0.29) is 23.8 Å². The van der Waals surface area contributed by atoms with Gasteiger partial charge in [0.05, 0.1) is 16.1 Å². The number of carbonyl (C=O) groups excluding carboxylic acids is 2. The number of rotatable bonds is 5. The lowest BCUT2D eigenvalue weighted by atomic mass is 9.97. The molecular weight excluding hydrogens is 424 g/mol. The molecule has 156 valence electrons. The molecule has 1 aromatic carbocycles. The van der Waals surface area contributed by atoms with E-state index in [0.717, 1.165) is 41.5 Å². The first kappa shape index (κ1) is 20.6. The van der Waals surface area contributed by atoms with Crippen molar-refractivity contribution in [2.45, 2.75) is 45.4 Å². The summed E-state index contributed by atoms with van der Waals surface area (Å²) in [5.41, 5.74) is 2.05. The molecular formula is C21H21ClN4O3S. The first-order valence-corrected chi connectivity index (χ1v) is 11.0. The minimum Gasteiger partial charge on any atom is -0.326 e. The normalized spacial score (nSPS) is 13.1. The third kappa shape index (κ3) is 4.39. The zero-order valence-electron chi connectivity index (χ0n) is 16.4. The predicted molar refractivity (Wildman–Crippen MR) is 120 cm³/mol. The first-order chi connectivity index (χ1) is 14.4. The highest BCUT2D eigenvalue weighted by molar-refractivity contribution is 7.18. The Balaban J connectivity index is 1.42. The van der Waals surface area contributed by atoms with Gasteiger partial charge in [-0.15, -0.1) is 11.3 Å². The van der Waals surface area contributed by atoms with Gasteiger partial charge in [-0.1, -0.05) is 11.6 Å². The van der Waals surface area contributed by atoms with Crippen LogP contribution in [0.5, 0.6) is 0 Å². The largest absolute Gasteiger partial charge is 0.326 e. The van der Waals surface area contributed by atoms with Gasteiger partial charge in [0.2, 0.25) is 11.8 Å². The van der Waals surface area contributed by atoms with Crippen LogP contribution < -0.4 is 16.2 Å². The van der Waals surface area contributed by atoms with E-state index < -0.39 is 0 Å². The van der Waals surface area contributed by atoms with E-state index in [4.69, 9.17) is 11.6 Å². The molecule has 0 unspecified atom stereocenters. The zero-order valence-corrected chi connectivity index (χ0v) is 18.0. The van der Waals surface area contributed by atoms with Gasteiger partial charge < -0.3 is 15.6 Å². The van der Waals surface area contributed by atoms with Crippen molar-refractivity contribution in [3.8, 4) is 0 Å². The van der Waals surface area contributed by atoms with E-state index in [1.54, 1.807) is 29.5 Å². The minimum atomic E-state index is -0.223. The number of nitrogens with one attached hydrogen (secondary N) is 3. The Morgan fingerprint density at radius 3 is 2.80 bits per heavy atom. The van der Waals surface area contributed by atoms with Crippen LogP contribution in [0.2, 0.25) is 5.02 Å². The average molecular weight is 445 g/mol. The summed E-state index contributed by atoms with van der Waals surface area (Å²) in [5.74, 6) is 0.0746. The van der Waals surface area contributed by atoms with Crippen LogP contribution in [0.1, 0.15) is 42.5 Å². The number of aromatic amines is 1. The molecule has 3 aromatic rings. The lowest BCUT2D eigenvalue weighted by Crippen LogP contribution is -2.16. The van der Waals surface area contributed by atoms with Crippen LogP contribution in [-0.4, -0.2) is 21.8 Å². The molecule has 1 aliphatic rings. The molecule has 0 atom stereocenters. The molecule has 0 saturated heterocycles. The van der Waals surface area contributed by atoms with Crippen molar-refractivity contribution in [2.24, 2.45) is 0 Å². The number of hydrogen-bond donors (Lipinski definition) is 3. The molecule has 0 radical (unpaired) electrons. The Labute approximate surface area is 181 Å². The maximum atomic E-state index is 12.6. The zero-order chi connectivity index (χ0) is 21.3. The fourth-order valence-electron chi connectivity index (χ4n) is 3.67. The van der Waals surface area contributed by atoms with Crippen LogP contribution in [0, 0.1) is 0 Å². The molecule has 1 aliphatic carbocycles. The molecule has 0 fully saturated rings. The Morgan fingerprint density at radius 2 is 2.03 bits per heavy atom. The minimum absolute atomic E-state index is 0.116. The maximum Gasteiger partial charge on any atom is 0.259 e. The smallest absolute Gasteiger partial charge is 0.259 e. The molecule has 3 N–H and O–H groups in total. The van der Waals surface area contributed by atoms with Crippen LogP contribution in [-0.2, 0) is 28.9 Å². The number of thiophene rings is 1. The number of anilines is 2. The summed E-state index contributed by atoms with van der Waals surface area (Å²) in [5, 5.41) is 6.44.